The Balaban J connectivity index is 1.87. The Hall–Kier alpha value is -0.260. The van der Waals surface area contributed by atoms with Crippen LogP contribution in [-0.2, 0) is 9.53 Å². The summed E-state index contributed by atoms with van der Waals surface area (Å²) in [7, 11) is 2.10. The van der Waals surface area contributed by atoms with Crippen molar-refractivity contribution >= 4 is 17.7 Å². The molecule has 1 saturated carbocycles. The van der Waals surface area contributed by atoms with Crippen molar-refractivity contribution in [3.8, 4) is 0 Å². The van der Waals surface area contributed by atoms with Crippen molar-refractivity contribution in [2.75, 3.05) is 32.9 Å². The Kier molecular flexibility index (Phi) is 5.75. The highest BCUT2D eigenvalue weighted by atomic mass is 32.2. The molecule has 5 heteroatoms. The molecule has 0 radical (unpaired) electrons. The lowest BCUT2D eigenvalue weighted by Crippen LogP contribution is -2.52. The van der Waals surface area contributed by atoms with Crippen LogP contribution in [0.3, 0.4) is 0 Å². The van der Waals surface area contributed by atoms with Crippen molar-refractivity contribution in [3.63, 3.8) is 0 Å². The third-order valence-electron chi connectivity index (χ3n) is 4.44. The van der Waals surface area contributed by atoms with Crippen LogP contribution < -0.4 is 0 Å². The molecule has 20 heavy (non-hydrogen) atoms. The lowest BCUT2D eigenvalue weighted by atomic mass is 10.2. The Bertz CT molecular complexity index is 330. The summed E-state index contributed by atoms with van der Waals surface area (Å²) < 4.78 is 5.69. The van der Waals surface area contributed by atoms with Crippen LogP contribution in [0, 0.1) is 0 Å². The fraction of sp³-hybridized carbons (Fsp3) is 0.933. The Labute approximate surface area is 127 Å². The third-order valence-corrected chi connectivity index (χ3v) is 5.60. The number of thioether (sulfide) groups is 1. The summed E-state index contributed by atoms with van der Waals surface area (Å²) in [5.41, 5.74) is 0. The standard InChI is InChI=1S/C15H28N2O2S/c1-11-8-17(9-12(2)19-11)15(18)10-16(3)13-6-5-7-14(13)20-4/h11-14H,5-10H2,1-4H3/t11-,12-,13+,14-/m1/s1. The van der Waals surface area contributed by atoms with Gasteiger partial charge in [-0.05, 0) is 40.0 Å². The van der Waals surface area contributed by atoms with Gasteiger partial charge in [0.25, 0.3) is 0 Å². The first kappa shape index (κ1) is 16.1. The van der Waals surface area contributed by atoms with E-state index in [1.807, 2.05) is 30.5 Å². The van der Waals surface area contributed by atoms with Gasteiger partial charge >= 0.3 is 0 Å². The molecule has 116 valence electrons. The molecule has 2 rings (SSSR count). The molecule has 2 aliphatic rings. The quantitative estimate of drug-likeness (QED) is 0.793. The molecule has 1 amide bonds. The number of amides is 1. The molecule has 2 fully saturated rings. The second-order valence-electron chi connectivity index (χ2n) is 6.24. The zero-order valence-corrected chi connectivity index (χ0v) is 14.0. The highest BCUT2D eigenvalue weighted by Crippen LogP contribution is 2.31. The van der Waals surface area contributed by atoms with Gasteiger partial charge in [0, 0.05) is 24.4 Å². The van der Waals surface area contributed by atoms with Crippen molar-refractivity contribution in [2.24, 2.45) is 0 Å². The van der Waals surface area contributed by atoms with Crippen LogP contribution in [0.25, 0.3) is 0 Å². The molecule has 0 aromatic carbocycles. The van der Waals surface area contributed by atoms with E-state index in [0.29, 0.717) is 17.8 Å². The molecule has 0 aromatic rings. The highest BCUT2D eigenvalue weighted by molar-refractivity contribution is 7.99. The monoisotopic (exact) mass is 300 g/mol. The molecule has 0 aromatic heterocycles. The van der Waals surface area contributed by atoms with E-state index in [2.05, 4.69) is 18.2 Å². The molecule has 1 aliphatic heterocycles. The normalized spacial score (nSPS) is 34.8. The van der Waals surface area contributed by atoms with E-state index >= 15 is 0 Å². The molecule has 1 heterocycles. The zero-order chi connectivity index (χ0) is 14.7. The zero-order valence-electron chi connectivity index (χ0n) is 13.2. The first-order valence-electron chi connectivity index (χ1n) is 7.67. The minimum atomic E-state index is 0.151. The third kappa shape index (κ3) is 3.89. The average Bonchev–Trinajstić information content (AvgIpc) is 2.85. The Morgan fingerprint density at radius 2 is 1.95 bits per heavy atom. The second kappa shape index (κ2) is 7.14. The number of hydrogen-bond donors (Lipinski definition) is 0. The van der Waals surface area contributed by atoms with Gasteiger partial charge in [0.1, 0.15) is 0 Å². The SMILES string of the molecule is CS[C@@H]1CCC[C@@H]1N(C)CC(=O)N1C[C@@H](C)O[C@H](C)C1. The number of nitrogens with zero attached hydrogens (tertiary/aromatic N) is 2. The smallest absolute Gasteiger partial charge is 0.236 e. The number of morpholine rings is 1. The number of carbonyl (C=O) groups excluding carboxylic acids is 1. The number of ether oxygens (including phenoxy) is 1. The molecule has 1 aliphatic carbocycles. The summed E-state index contributed by atoms with van der Waals surface area (Å²) in [6.07, 6.45) is 6.29. The summed E-state index contributed by atoms with van der Waals surface area (Å²) in [6.45, 7) is 6.09. The summed E-state index contributed by atoms with van der Waals surface area (Å²) in [5.74, 6) is 0.251. The van der Waals surface area contributed by atoms with E-state index in [9.17, 15) is 4.79 Å². The van der Waals surface area contributed by atoms with Crippen LogP contribution in [-0.4, -0.2) is 72.1 Å². The van der Waals surface area contributed by atoms with Crippen molar-refractivity contribution in [2.45, 2.75) is 56.6 Å². The topological polar surface area (TPSA) is 32.8 Å². The van der Waals surface area contributed by atoms with E-state index in [0.717, 1.165) is 13.1 Å². The molecule has 4 atom stereocenters. The fourth-order valence-corrected chi connectivity index (χ4v) is 4.56. The summed E-state index contributed by atoms with van der Waals surface area (Å²) in [5, 5.41) is 0.690. The number of hydrogen-bond acceptors (Lipinski definition) is 4. The van der Waals surface area contributed by atoms with E-state index in [1.165, 1.54) is 19.3 Å². The highest BCUT2D eigenvalue weighted by Gasteiger charge is 2.32. The largest absolute Gasteiger partial charge is 0.372 e. The van der Waals surface area contributed by atoms with E-state index in [-0.39, 0.29) is 18.1 Å². The van der Waals surface area contributed by atoms with Gasteiger partial charge < -0.3 is 9.64 Å². The first-order valence-corrected chi connectivity index (χ1v) is 8.96. The van der Waals surface area contributed by atoms with Crippen molar-refractivity contribution in [1.29, 1.82) is 0 Å². The second-order valence-corrected chi connectivity index (χ2v) is 7.32. The molecule has 4 nitrogen and oxygen atoms in total. The summed E-state index contributed by atoms with van der Waals surface area (Å²) in [6, 6.07) is 0.560. The minimum Gasteiger partial charge on any atom is -0.372 e. The number of likely N-dealkylation sites (N-methyl/N-ethyl adjacent to an activating group) is 1. The van der Waals surface area contributed by atoms with Gasteiger partial charge in [0.15, 0.2) is 0 Å². The number of carbonyl (C=O) groups is 1. The Morgan fingerprint density at radius 3 is 2.55 bits per heavy atom. The van der Waals surface area contributed by atoms with Gasteiger partial charge in [-0.15, -0.1) is 0 Å². The van der Waals surface area contributed by atoms with Crippen molar-refractivity contribution in [1.82, 2.24) is 9.80 Å². The average molecular weight is 300 g/mol. The lowest BCUT2D eigenvalue weighted by molar-refractivity contribution is -0.144. The maximum Gasteiger partial charge on any atom is 0.236 e. The lowest BCUT2D eigenvalue weighted by Gasteiger charge is -2.37. The van der Waals surface area contributed by atoms with Gasteiger partial charge in [0.05, 0.1) is 18.8 Å². The van der Waals surface area contributed by atoms with Gasteiger partial charge in [-0.25, -0.2) is 0 Å². The van der Waals surface area contributed by atoms with E-state index < -0.39 is 0 Å². The predicted octanol–water partition coefficient (Wildman–Crippen LogP) is 1.84. The minimum absolute atomic E-state index is 0.151. The molecule has 1 saturated heterocycles. The molecule has 0 N–H and O–H groups in total. The van der Waals surface area contributed by atoms with Crippen LogP contribution in [0.4, 0.5) is 0 Å². The van der Waals surface area contributed by atoms with Crippen LogP contribution in [0.1, 0.15) is 33.1 Å². The van der Waals surface area contributed by atoms with Crippen molar-refractivity contribution in [3.05, 3.63) is 0 Å². The summed E-state index contributed by atoms with van der Waals surface area (Å²) in [4.78, 5) is 16.7. The summed E-state index contributed by atoms with van der Waals surface area (Å²) >= 11 is 1.95. The number of rotatable bonds is 4. The maximum atomic E-state index is 12.5. The predicted molar refractivity (Wildman–Crippen MR) is 84.2 cm³/mol. The molecular weight excluding hydrogens is 272 g/mol. The van der Waals surface area contributed by atoms with Crippen LogP contribution in [0.15, 0.2) is 0 Å². The van der Waals surface area contributed by atoms with E-state index in [4.69, 9.17) is 4.74 Å². The van der Waals surface area contributed by atoms with Gasteiger partial charge in [-0.3, -0.25) is 9.69 Å². The van der Waals surface area contributed by atoms with Crippen LogP contribution in [0.5, 0.6) is 0 Å². The van der Waals surface area contributed by atoms with Gasteiger partial charge in [-0.2, -0.15) is 11.8 Å². The Morgan fingerprint density at radius 1 is 1.30 bits per heavy atom. The molecule has 0 unspecified atom stereocenters. The maximum absolute atomic E-state index is 12.5. The van der Waals surface area contributed by atoms with Crippen LogP contribution in [0.2, 0.25) is 0 Å². The molecular formula is C15H28N2O2S. The van der Waals surface area contributed by atoms with E-state index in [1.54, 1.807) is 0 Å². The first-order chi connectivity index (χ1) is 9.51. The van der Waals surface area contributed by atoms with Crippen molar-refractivity contribution < 1.29 is 9.53 Å². The van der Waals surface area contributed by atoms with Gasteiger partial charge in [-0.1, -0.05) is 6.42 Å². The molecule has 0 bridgehead atoms. The van der Waals surface area contributed by atoms with Crippen LogP contribution >= 0.6 is 11.8 Å². The fourth-order valence-electron chi connectivity index (χ4n) is 3.50. The molecule has 0 spiro atoms. The van der Waals surface area contributed by atoms with Gasteiger partial charge in [0.2, 0.25) is 5.91 Å².